The molecule has 4 fully saturated rings. The van der Waals surface area contributed by atoms with E-state index in [0.29, 0.717) is 43.5 Å². The third-order valence-corrected chi connectivity index (χ3v) is 23.2. The van der Waals surface area contributed by atoms with Gasteiger partial charge in [-0.1, -0.05) is 169 Å². The van der Waals surface area contributed by atoms with Crippen molar-refractivity contribution < 1.29 is 66.6 Å². The summed E-state index contributed by atoms with van der Waals surface area (Å²) in [5.41, 5.74) is -0.180. The monoisotopic (exact) mass is 1180 g/mol. The van der Waals surface area contributed by atoms with Gasteiger partial charge in [-0.15, -0.1) is 0 Å². The first-order valence-corrected chi connectivity index (χ1v) is 35.3. The number of rotatable bonds is 33. The Balaban J connectivity index is 1.36. The van der Waals surface area contributed by atoms with Crippen molar-refractivity contribution >= 4 is 32.5 Å². The highest BCUT2D eigenvalue weighted by molar-refractivity contribution is 6.74. The summed E-state index contributed by atoms with van der Waals surface area (Å²) in [7, 11) is -1.19. The summed E-state index contributed by atoms with van der Waals surface area (Å²) in [6.45, 7) is 26.2. The van der Waals surface area contributed by atoms with Crippen LogP contribution < -0.4 is 0 Å². The minimum atomic E-state index is -2.45. The highest BCUT2D eigenvalue weighted by Gasteiger charge is 2.58. The van der Waals surface area contributed by atoms with E-state index in [2.05, 4.69) is 61.6 Å². The summed E-state index contributed by atoms with van der Waals surface area (Å²) in [6.07, 6.45) is 20.5. The third kappa shape index (κ3) is 21.8. The molecule has 0 unspecified atom stereocenters. The van der Waals surface area contributed by atoms with Gasteiger partial charge in [0.25, 0.3) is 0 Å². The van der Waals surface area contributed by atoms with E-state index in [-0.39, 0.29) is 61.2 Å². The number of hydrogen-bond donors (Lipinski definition) is 1. The fourth-order valence-electron chi connectivity index (χ4n) is 12.7. The number of unbranched alkanes of at least 4 members (excludes halogenated alkanes) is 10. The highest BCUT2D eigenvalue weighted by Crippen LogP contribution is 2.49. The molecule has 3 aliphatic heterocycles. The number of carbonyl (C=O) groups excluding carboxylic acids is 4. The predicted molar refractivity (Wildman–Crippen MR) is 328 cm³/mol. The van der Waals surface area contributed by atoms with Gasteiger partial charge in [0.15, 0.2) is 20.2 Å². The van der Waals surface area contributed by atoms with Gasteiger partial charge in [0.1, 0.15) is 12.4 Å². The summed E-state index contributed by atoms with van der Waals surface area (Å²) in [5.74, 6) is -3.25. The Labute approximate surface area is 502 Å². The number of ether oxygens (including phenoxy) is 8. The van der Waals surface area contributed by atoms with Crippen molar-refractivity contribution in [2.75, 3.05) is 13.7 Å². The molecule has 3 saturated heterocycles. The van der Waals surface area contributed by atoms with Crippen molar-refractivity contribution in [1.82, 2.24) is 0 Å². The van der Waals surface area contributed by atoms with Gasteiger partial charge >= 0.3 is 17.9 Å². The molecule has 1 saturated carbocycles. The number of methoxy groups -OCH3 is 1. The maximum atomic E-state index is 14.8. The van der Waals surface area contributed by atoms with Gasteiger partial charge < -0.3 is 47.4 Å². The van der Waals surface area contributed by atoms with Crippen molar-refractivity contribution in [3.05, 3.63) is 59.7 Å². The number of esters is 3. The SMILES string of the molecule is CCCCCCCCCCCCCC(=O)O[C@H]1/C(=C/C(=O)OC)C[C@@H](C[C@@H](OC(=O)C[C@@H](C[C@@H]2CCC[C@H](C[C@@H]3CCO[C@@]4(C[C@H](C)CC[C@H]4C(C)C)O3)O2)O[Si](C)(C)C(C)(C)C)[C@@H](C)OCc2ccccc2)O[C@@]1(O)C(C)(C)/C=C/C=O. The van der Waals surface area contributed by atoms with E-state index in [0.717, 1.165) is 69.8 Å². The van der Waals surface area contributed by atoms with Crippen LogP contribution >= 0.6 is 0 Å². The molecule has 1 aliphatic carbocycles. The molecule has 14 nitrogen and oxygen atoms in total. The van der Waals surface area contributed by atoms with Gasteiger partial charge in [-0.05, 0) is 112 Å². The lowest BCUT2D eigenvalue weighted by molar-refractivity contribution is -0.342. The van der Waals surface area contributed by atoms with Crippen LogP contribution in [0.3, 0.4) is 0 Å². The van der Waals surface area contributed by atoms with Crippen LogP contribution in [-0.2, 0) is 68.1 Å². The Morgan fingerprint density at radius 2 is 1.48 bits per heavy atom. The quantitative estimate of drug-likeness (QED) is 0.0176. The third-order valence-electron chi connectivity index (χ3n) is 18.7. The summed E-state index contributed by atoms with van der Waals surface area (Å²) in [6, 6.07) is 9.72. The first-order valence-electron chi connectivity index (χ1n) is 32.3. The second-order valence-corrected chi connectivity index (χ2v) is 32.2. The Hall–Kier alpha value is -3.28. The largest absolute Gasteiger partial charge is 0.466 e. The number of aldehydes is 1. The predicted octanol–water partition coefficient (Wildman–Crippen LogP) is 15.0. The van der Waals surface area contributed by atoms with Crippen LogP contribution in [0.25, 0.3) is 0 Å². The van der Waals surface area contributed by atoms with Gasteiger partial charge in [0, 0.05) is 36.7 Å². The lowest BCUT2D eigenvalue weighted by Gasteiger charge is -2.51. The molecule has 1 aromatic carbocycles. The van der Waals surface area contributed by atoms with Crippen molar-refractivity contribution in [3.8, 4) is 0 Å². The normalized spacial score (nSPS) is 28.0. The average Bonchev–Trinajstić information content (AvgIpc) is 3.46. The number of allylic oxidation sites excluding steroid dienone is 1. The molecule has 0 aromatic heterocycles. The standard InChI is InChI=1S/C68H112O14Si/c1-14-15-16-17-18-19-20-21-22-23-27-34-61(70)79-64-53(42-62(71)74-11)41-57(81-68(64,73)66(9,10)38-29-39-69)45-60(51(5)75-48-52-30-25-24-26-31-52)78-63(72)46-58(82-83(12,13)65(6,7)8)44-55-33-28-32-54(77-55)43-56-37-40-76-67(80-56)47-50(4)35-36-59(67)49(2)3/h24-26,29-31,38-39,42,49-51,54-60,64,73H,14-23,27-28,32-37,40-41,43-48H2,1-13H3/b38-29+,53-42+/t50-,51-,54-,55+,56+,57+,58-,59+,60-,64+,67+,68-/m1/s1. The number of benzene rings is 1. The van der Waals surface area contributed by atoms with Crippen LogP contribution in [0.1, 0.15) is 229 Å². The molecule has 15 heteroatoms. The zero-order valence-corrected chi connectivity index (χ0v) is 54.7. The van der Waals surface area contributed by atoms with E-state index >= 15 is 0 Å². The zero-order chi connectivity index (χ0) is 60.9. The Morgan fingerprint density at radius 1 is 0.819 bits per heavy atom. The second kappa shape index (κ2) is 33.7. The smallest absolute Gasteiger partial charge is 0.330 e. The van der Waals surface area contributed by atoms with Gasteiger partial charge in [0.05, 0.1) is 63.4 Å². The van der Waals surface area contributed by atoms with E-state index in [1.54, 1.807) is 13.8 Å². The van der Waals surface area contributed by atoms with Crippen LogP contribution in [0, 0.1) is 23.2 Å². The van der Waals surface area contributed by atoms with Crippen LogP contribution in [0.2, 0.25) is 18.1 Å². The van der Waals surface area contributed by atoms with Crippen LogP contribution in [0.5, 0.6) is 0 Å². The molecule has 5 rings (SSSR count). The summed E-state index contributed by atoms with van der Waals surface area (Å²) >= 11 is 0. The van der Waals surface area contributed by atoms with Gasteiger partial charge in [0.2, 0.25) is 5.79 Å². The molecule has 1 spiro atoms. The Morgan fingerprint density at radius 3 is 2.12 bits per heavy atom. The minimum absolute atomic E-state index is 0.00327. The van der Waals surface area contributed by atoms with Crippen molar-refractivity contribution in [1.29, 1.82) is 0 Å². The lowest BCUT2D eigenvalue weighted by Crippen LogP contribution is -2.62. The Kier molecular flexibility index (Phi) is 28.6. The molecule has 1 N–H and O–H groups in total. The summed E-state index contributed by atoms with van der Waals surface area (Å²) in [4.78, 5) is 53.6. The molecule has 0 amide bonds. The maximum absolute atomic E-state index is 14.8. The molecule has 0 bridgehead atoms. The van der Waals surface area contributed by atoms with Crippen LogP contribution in [-0.4, -0.2) is 112 Å². The first-order chi connectivity index (χ1) is 39.3. The number of carbonyl (C=O) groups is 4. The van der Waals surface area contributed by atoms with E-state index < -0.39 is 73.7 Å². The molecule has 12 atom stereocenters. The lowest BCUT2D eigenvalue weighted by atomic mass is 9.72. The topological polar surface area (TPSA) is 172 Å². The van der Waals surface area contributed by atoms with Crippen molar-refractivity contribution in [2.45, 2.75) is 308 Å². The van der Waals surface area contributed by atoms with Gasteiger partial charge in [-0.2, -0.15) is 0 Å². The van der Waals surface area contributed by atoms with E-state index in [4.69, 9.17) is 42.3 Å². The highest BCUT2D eigenvalue weighted by atomic mass is 28.4. The molecular weight excluding hydrogens is 1070 g/mol. The minimum Gasteiger partial charge on any atom is -0.466 e. The second-order valence-electron chi connectivity index (χ2n) is 27.4. The molecule has 1 aromatic rings. The molecular formula is C68H112O14Si. The Bertz CT molecular complexity index is 2170. The molecule has 3 heterocycles. The fraction of sp³-hybridized carbons (Fsp3) is 0.794. The van der Waals surface area contributed by atoms with Gasteiger partial charge in [-0.25, -0.2) is 4.79 Å². The summed E-state index contributed by atoms with van der Waals surface area (Å²) < 4.78 is 58.9. The van der Waals surface area contributed by atoms with Gasteiger partial charge in [-0.3, -0.25) is 14.4 Å². The van der Waals surface area contributed by atoms with Crippen molar-refractivity contribution in [2.24, 2.45) is 23.2 Å². The number of hydrogen-bond acceptors (Lipinski definition) is 14. The molecule has 0 radical (unpaired) electrons. The first kappa shape index (κ1) is 70.5. The van der Waals surface area contributed by atoms with Crippen LogP contribution in [0.4, 0.5) is 0 Å². The summed E-state index contributed by atoms with van der Waals surface area (Å²) in [5, 5.41) is 12.9. The molecule has 4 aliphatic rings. The van der Waals surface area contributed by atoms with Crippen molar-refractivity contribution in [3.63, 3.8) is 0 Å². The van der Waals surface area contributed by atoms with E-state index in [1.807, 2.05) is 37.3 Å². The average molecular weight is 1180 g/mol. The number of aliphatic hydroxyl groups is 1. The molecule has 83 heavy (non-hydrogen) atoms. The maximum Gasteiger partial charge on any atom is 0.330 e. The van der Waals surface area contributed by atoms with Crippen LogP contribution in [0.15, 0.2) is 54.1 Å². The van der Waals surface area contributed by atoms with E-state index in [9.17, 15) is 24.3 Å². The molecule has 472 valence electrons. The fourth-order valence-corrected chi connectivity index (χ4v) is 14.0. The zero-order valence-electron chi connectivity index (χ0n) is 53.7. The van der Waals surface area contributed by atoms with E-state index in [1.165, 1.54) is 76.7 Å².